The quantitative estimate of drug-likeness (QED) is 0.719. The lowest BCUT2D eigenvalue weighted by Gasteiger charge is -2.35. The second-order valence-corrected chi connectivity index (χ2v) is 8.77. The number of hydrogen-bond donors (Lipinski definition) is 2. The summed E-state index contributed by atoms with van der Waals surface area (Å²) >= 11 is 0. The van der Waals surface area contributed by atoms with Gasteiger partial charge in [0.05, 0.1) is 5.56 Å². The van der Waals surface area contributed by atoms with Crippen molar-refractivity contribution in [2.24, 2.45) is 0 Å². The molecule has 1 aliphatic heterocycles. The minimum atomic E-state index is -0.0325. The monoisotopic (exact) mass is 421 g/mol. The molecule has 1 amide bonds. The standard InChI is InChI=1S/C25H35N5O/c1-29(21-11-6-3-7-12-21)17-15-28-25(31)22-13-8-14-27-24(22)30-18-16-26-23(19-30)20-9-4-2-5-10-20/h2,4-5,8-10,13-14,21,23,26H,3,6-7,11-12,15-19H2,1H3,(H,28,31). The maximum atomic E-state index is 13.0. The van der Waals surface area contributed by atoms with E-state index in [1.807, 2.05) is 18.2 Å². The van der Waals surface area contributed by atoms with E-state index in [2.05, 4.69) is 56.7 Å². The minimum Gasteiger partial charge on any atom is -0.353 e. The molecular formula is C25H35N5O. The van der Waals surface area contributed by atoms with Crippen molar-refractivity contribution in [2.75, 3.05) is 44.7 Å². The smallest absolute Gasteiger partial charge is 0.255 e. The SMILES string of the molecule is CN(CCNC(=O)c1cccnc1N1CCNC(c2ccccc2)C1)C1CCCCC1. The van der Waals surface area contributed by atoms with Crippen LogP contribution in [0.25, 0.3) is 0 Å². The zero-order valence-corrected chi connectivity index (χ0v) is 18.6. The van der Waals surface area contributed by atoms with Crippen LogP contribution in [-0.2, 0) is 0 Å². The molecule has 2 aliphatic rings. The molecule has 1 aromatic heterocycles. The summed E-state index contributed by atoms with van der Waals surface area (Å²) in [5, 5.41) is 6.71. The van der Waals surface area contributed by atoms with Crippen LogP contribution in [0.1, 0.15) is 54.1 Å². The lowest BCUT2D eigenvalue weighted by Crippen LogP contribution is -2.47. The zero-order valence-electron chi connectivity index (χ0n) is 18.6. The Bertz CT molecular complexity index is 837. The van der Waals surface area contributed by atoms with E-state index >= 15 is 0 Å². The maximum absolute atomic E-state index is 13.0. The van der Waals surface area contributed by atoms with Crippen molar-refractivity contribution in [2.45, 2.75) is 44.2 Å². The van der Waals surface area contributed by atoms with Crippen LogP contribution in [0.15, 0.2) is 48.7 Å². The maximum Gasteiger partial charge on any atom is 0.255 e. The summed E-state index contributed by atoms with van der Waals surface area (Å²) in [7, 11) is 2.18. The van der Waals surface area contributed by atoms with E-state index in [9.17, 15) is 4.79 Å². The average molecular weight is 422 g/mol. The molecule has 4 rings (SSSR count). The number of hydrogen-bond acceptors (Lipinski definition) is 5. The number of anilines is 1. The number of piperazine rings is 1. The molecule has 1 atom stereocenters. The van der Waals surface area contributed by atoms with E-state index in [1.54, 1.807) is 6.20 Å². The topological polar surface area (TPSA) is 60.5 Å². The third-order valence-corrected chi connectivity index (χ3v) is 6.66. The van der Waals surface area contributed by atoms with Gasteiger partial charge in [-0.25, -0.2) is 4.98 Å². The largest absolute Gasteiger partial charge is 0.353 e. The molecule has 2 aromatic rings. The Morgan fingerprint density at radius 1 is 1.16 bits per heavy atom. The Morgan fingerprint density at radius 2 is 1.97 bits per heavy atom. The lowest BCUT2D eigenvalue weighted by atomic mass is 9.94. The lowest BCUT2D eigenvalue weighted by molar-refractivity contribution is 0.0944. The molecule has 2 N–H and O–H groups in total. The van der Waals surface area contributed by atoms with E-state index in [1.165, 1.54) is 37.7 Å². The van der Waals surface area contributed by atoms with Gasteiger partial charge in [-0.3, -0.25) is 4.79 Å². The Morgan fingerprint density at radius 3 is 2.77 bits per heavy atom. The molecule has 1 saturated heterocycles. The molecule has 31 heavy (non-hydrogen) atoms. The fourth-order valence-corrected chi connectivity index (χ4v) is 4.82. The van der Waals surface area contributed by atoms with Crippen molar-refractivity contribution in [3.63, 3.8) is 0 Å². The van der Waals surface area contributed by atoms with Crippen molar-refractivity contribution in [3.8, 4) is 0 Å². The van der Waals surface area contributed by atoms with Gasteiger partial charge in [0.25, 0.3) is 5.91 Å². The Labute approximate surface area is 186 Å². The van der Waals surface area contributed by atoms with E-state index in [-0.39, 0.29) is 11.9 Å². The van der Waals surface area contributed by atoms with Gasteiger partial charge >= 0.3 is 0 Å². The van der Waals surface area contributed by atoms with Gasteiger partial charge in [0, 0.05) is 51.0 Å². The first-order valence-electron chi connectivity index (χ1n) is 11.7. The van der Waals surface area contributed by atoms with Crippen LogP contribution in [0.2, 0.25) is 0 Å². The highest BCUT2D eigenvalue weighted by atomic mass is 16.1. The van der Waals surface area contributed by atoms with E-state index < -0.39 is 0 Å². The third kappa shape index (κ3) is 5.63. The number of nitrogens with zero attached hydrogens (tertiary/aromatic N) is 3. The van der Waals surface area contributed by atoms with Gasteiger partial charge in [0.1, 0.15) is 5.82 Å². The normalized spacial score (nSPS) is 20.1. The zero-order chi connectivity index (χ0) is 21.5. The van der Waals surface area contributed by atoms with Crippen LogP contribution in [0.3, 0.4) is 0 Å². The number of carbonyl (C=O) groups excluding carboxylic acids is 1. The van der Waals surface area contributed by atoms with Crippen molar-refractivity contribution in [1.82, 2.24) is 20.5 Å². The molecule has 2 heterocycles. The fraction of sp³-hybridized carbons (Fsp3) is 0.520. The number of rotatable bonds is 7. The first-order valence-corrected chi connectivity index (χ1v) is 11.7. The third-order valence-electron chi connectivity index (χ3n) is 6.66. The second-order valence-electron chi connectivity index (χ2n) is 8.77. The van der Waals surface area contributed by atoms with Gasteiger partial charge in [-0.1, -0.05) is 49.6 Å². The van der Waals surface area contributed by atoms with Crippen LogP contribution in [0.5, 0.6) is 0 Å². The number of benzene rings is 1. The molecule has 1 aliphatic carbocycles. The Kier molecular flexibility index (Phi) is 7.54. The fourth-order valence-electron chi connectivity index (χ4n) is 4.82. The van der Waals surface area contributed by atoms with Crippen molar-refractivity contribution in [1.29, 1.82) is 0 Å². The minimum absolute atomic E-state index is 0.0325. The highest BCUT2D eigenvalue weighted by molar-refractivity contribution is 5.98. The summed E-state index contributed by atoms with van der Waals surface area (Å²) < 4.78 is 0. The van der Waals surface area contributed by atoms with Crippen molar-refractivity contribution in [3.05, 3.63) is 59.8 Å². The summed E-state index contributed by atoms with van der Waals surface area (Å²) in [6.07, 6.45) is 8.36. The highest BCUT2D eigenvalue weighted by Gasteiger charge is 2.25. The predicted octanol–water partition coefficient (Wildman–Crippen LogP) is 3.23. The van der Waals surface area contributed by atoms with Gasteiger partial charge in [-0.15, -0.1) is 0 Å². The van der Waals surface area contributed by atoms with Gasteiger partial charge < -0.3 is 20.4 Å². The number of amides is 1. The van der Waals surface area contributed by atoms with Gasteiger partial charge in [0.2, 0.25) is 0 Å². The molecule has 0 radical (unpaired) electrons. The number of likely N-dealkylation sites (N-methyl/N-ethyl adjacent to an activating group) is 1. The summed E-state index contributed by atoms with van der Waals surface area (Å²) in [5.74, 6) is 0.748. The predicted molar refractivity (Wildman–Crippen MR) is 125 cm³/mol. The molecule has 0 spiro atoms. The van der Waals surface area contributed by atoms with Crippen molar-refractivity contribution < 1.29 is 4.79 Å². The van der Waals surface area contributed by atoms with E-state index in [0.29, 0.717) is 18.2 Å². The summed E-state index contributed by atoms with van der Waals surface area (Å²) in [6, 6.07) is 15.1. The summed E-state index contributed by atoms with van der Waals surface area (Å²) in [4.78, 5) is 22.2. The molecule has 1 aromatic carbocycles. The first-order chi connectivity index (χ1) is 15.2. The van der Waals surface area contributed by atoms with E-state index in [4.69, 9.17) is 0 Å². The molecule has 1 saturated carbocycles. The highest BCUT2D eigenvalue weighted by Crippen LogP contribution is 2.24. The van der Waals surface area contributed by atoms with Crippen LogP contribution >= 0.6 is 0 Å². The average Bonchev–Trinajstić information content (AvgIpc) is 2.85. The molecular weight excluding hydrogens is 386 g/mol. The number of pyridine rings is 1. The molecule has 166 valence electrons. The number of nitrogens with one attached hydrogen (secondary N) is 2. The molecule has 6 nitrogen and oxygen atoms in total. The number of carbonyl (C=O) groups is 1. The summed E-state index contributed by atoms with van der Waals surface area (Å²) in [6.45, 7) is 4.05. The molecule has 1 unspecified atom stereocenters. The van der Waals surface area contributed by atoms with Crippen LogP contribution in [0, 0.1) is 0 Å². The molecule has 6 heteroatoms. The Hall–Kier alpha value is -2.44. The van der Waals surface area contributed by atoms with Crippen LogP contribution < -0.4 is 15.5 Å². The van der Waals surface area contributed by atoms with Gasteiger partial charge in [-0.2, -0.15) is 0 Å². The Balaban J connectivity index is 1.36. The number of aromatic nitrogens is 1. The van der Waals surface area contributed by atoms with Gasteiger partial charge in [-0.05, 0) is 37.6 Å². The van der Waals surface area contributed by atoms with E-state index in [0.717, 1.165) is 32.0 Å². The van der Waals surface area contributed by atoms with Crippen molar-refractivity contribution >= 4 is 11.7 Å². The molecule has 0 bridgehead atoms. The van der Waals surface area contributed by atoms with Gasteiger partial charge in [0.15, 0.2) is 0 Å². The van der Waals surface area contributed by atoms with Crippen LogP contribution in [0.4, 0.5) is 5.82 Å². The molecule has 2 fully saturated rings. The summed E-state index contributed by atoms with van der Waals surface area (Å²) in [5.41, 5.74) is 1.93. The second kappa shape index (κ2) is 10.7. The first kappa shape index (κ1) is 21.8. The van der Waals surface area contributed by atoms with Crippen LogP contribution in [-0.4, -0.2) is 61.6 Å².